The molecule has 0 aliphatic rings. The highest BCUT2D eigenvalue weighted by Gasteiger charge is 2.11. The van der Waals surface area contributed by atoms with Crippen molar-refractivity contribution in [2.75, 3.05) is 13.2 Å². The summed E-state index contributed by atoms with van der Waals surface area (Å²) in [5.74, 6) is 0. The summed E-state index contributed by atoms with van der Waals surface area (Å²) in [4.78, 5) is 0. The standard InChI is InChI=1S/C36H22O2.C4H10O.H2S/c1-3-13-33-29(11-1)31-21-27(15-17-35(31)37-33)25-9-5-7-23(19-25)24-8-6-10-26(20-24)28-16-18-36-32(22-28)30-12-2-4-14-34(30)38-36;1-3-5-4-2;/h1-22H;3-4H2,1-2H3;1H2. The monoisotopic (exact) mass is 594 g/mol. The molecule has 4 heteroatoms. The molecule has 8 aromatic rings. The second kappa shape index (κ2) is 12.8. The van der Waals surface area contributed by atoms with Crippen LogP contribution < -0.4 is 0 Å². The fourth-order valence-electron chi connectivity index (χ4n) is 5.77. The predicted molar refractivity (Wildman–Crippen MR) is 190 cm³/mol. The molecule has 0 fully saturated rings. The normalized spacial score (nSPS) is 11.0. The maximum absolute atomic E-state index is 6.03. The Balaban J connectivity index is 0.000000532. The Morgan fingerprint density at radius 3 is 1.14 bits per heavy atom. The third kappa shape index (κ3) is 5.62. The number of furan rings is 2. The maximum atomic E-state index is 6.03. The van der Waals surface area contributed by atoms with Crippen LogP contribution in [0.4, 0.5) is 0 Å². The van der Waals surface area contributed by atoms with Crippen LogP contribution in [0.3, 0.4) is 0 Å². The van der Waals surface area contributed by atoms with E-state index >= 15 is 0 Å². The Labute approximate surface area is 264 Å². The van der Waals surface area contributed by atoms with Gasteiger partial charge in [-0.05, 0) is 95.8 Å². The van der Waals surface area contributed by atoms with E-state index in [1.54, 1.807) is 0 Å². The van der Waals surface area contributed by atoms with E-state index in [0.717, 1.165) is 57.1 Å². The molecule has 0 saturated heterocycles. The third-order valence-electron chi connectivity index (χ3n) is 7.89. The van der Waals surface area contributed by atoms with Gasteiger partial charge in [0, 0.05) is 34.8 Å². The quantitative estimate of drug-likeness (QED) is 0.199. The topological polar surface area (TPSA) is 35.5 Å². The first-order chi connectivity index (χ1) is 21.2. The zero-order valence-corrected chi connectivity index (χ0v) is 25.8. The lowest BCUT2D eigenvalue weighted by atomic mass is 9.95. The molecule has 44 heavy (non-hydrogen) atoms. The smallest absolute Gasteiger partial charge is 0.135 e. The van der Waals surface area contributed by atoms with Crippen LogP contribution in [0.2, 0.25) is 0 Å². The van der Waals surface area contributed by atoms with Crippen LogP contribution in [-0.2, 0) is 4.74 Å². The average Bonchev–Trinajstić information content (AvgIpc) is 3.63. The molecule has 0 bridgehead atoms. The SMILES string of the molecule is CCOCC.S.c1cc(-c2cccc(-c3ccc4oc5ccccc5c4c3)c2)cc(-c2ccc3oc4ccccc4c3c2)c1. The van der Waals surface area contributed by atoms with Crippen molar-refractivity contribution in [3.63, 3.8) is 0 Å². The van der Waals surface area contributed by atoms with Crippen LogP contribution in [0, 0.1) is 0 Å². The molecule has 2 heterocycles. The molecule has 218 valence electrons. The molecule has 0 spiro atoms. The Hall–Kier alpha value is -4.77. The Bertz CT molecular complexity index is 2050. The van der Waals surface area contributed by atoms with Gasteiger partial charge in [-0.15, -0.1) is 0 Å². The third-order valence-corrected chi connectivity index (χ3v) is 7.89. The van der Waals surface area contributed by atoms with Crippen molar-refractivity contribution >= 4 is 57.4 Å². The van der Waals surface area contributed by atoms with E-state index < -0.39 is 0 Å². The Morgan fingerprint density at radius 2 is 0.750 bits per heavy atom. The van der Waals surface area contributed by atoms with Crippen LogP contribution in [0.5, 0.6) is 0 Å². The van der Waals surface area contributed by atoms with Gasteiger partial charge >= 0.3 is 0 Å². The first-order valence-electron chi connectivity index (χ1n) is 14.8. The summed E-state index contributed by atoms with van der Waals surface area (Å²) in [6.07, 6.45) is 0. The van der Waals surface area contributed by atoms with Crippen LogP contribution in [0.1, 0.15) is 13.8 Å². The number of para-hydroxylation sites is 2. The van der Waals surface area contributed by atoms with E-state index in [9.17, 15) is 0 Å². The number of fused-ring (bicyclic) bond motifs is 6. The van der Waals surface area contributed by atoms with Gasteiger partial charge in [0.25, 0.3) is 0 Å². The van der Waals surface area contributed by atoms with Crippen LogP contribution in [-0.4, -0.2) is 13.2 Å². The van der Waals surface area contributed by atoms with Gasteiger partial charge in [0.1, 0.15) is 22.3 Å². The summed E-state index contributed by atoms with van der Waals surface area (Å²) >= 11 is 0. The van der Waals surface area contributed by atoms with Gasteiger partial charge in [-0.3, -0.25) is 0 Å². The molecular formula is C40H34O3S. The van der Waals surface area contributed by atoms with E-state index in [1.807, 2.05) is 38.1 Å². The van der Waals surface area contributed by atoms with Crippen molar-refractivity contribution < 1.29 is 13.6 Å². The van der Waals surface area contributed by atoms with Crippen molar-refractivity contribution in [2.45, 2.75) is 13.8 Å². The minimum absolute atomic E-state index is 0. The van der Waals surface area contributed by atoms with Crippen molar-refractivity contribution in [3.8, 4) is 33.4 Å². The maximum Gasteiger partial charge on any atom is 0.135 e. The molecule has 3 nitrogen and oxygen atoms in total. The first kappa shape index (κ1) is 29.3. The van der Waals surface area contributed by atoms with E-state index in [2.05, 4.69) is 109 Å². The number of rotatable bonds is 5. The van der Waals surface area contributed by atoms with Gasteiger partial charge in [0.05, 0.1) is 0 Å². The highest BCUT2D eigenvalue weighted by Crippen LogP contribution is 2.36. The first-order valence-corrected chi connectivity index (χ1v) is 14.8. The van der Waals surface area contributed by atoms with Crippen LogP contribution >= 0.6 is 13.5 Å². The molecule has 0 unspecified atom stereocenters. The highest BCUT2D eigenvalue weighted by atomic mass is 32.1. The lowest BCUT2D eigenvalue weighted by Crippen LogP contribution is -1.84. The van der Waals surface area contributed by atoms with Crippen molar-refractivity contribution in [2.24, 2.45) is 0 Å². The molecule has 2 aromatic heterocycles. The molecule has 6 aromatic carbocycles. The van der Waals surface area contributed by atoms with Crippen LogP contribution in [0.15, 0.2) is 142 Å². The fourth-order valence-corrected chi connectivity index (χ4v) is 5.77. The molecule has 0 saturated carbocycles. The molecule has 8 rings (SSSR count). The summed E-state index contributed by atoms with van der Waals surface area (Å²) < 4.78 is 16.9. The minimum atomic E-state index is 0. The van der Waals surface area contributed by atoms with E-state index in [1.165, 1.54) is 33.4 Å². The Morgan fingerprint density at radius 1 is 0.386 bits per heavy atom. The number of hydrogen-bond donors (Lipinski definition) is 0. The molecule has 0 N–H and O–H groups in total. The van der Waals surface area contributed by atoms with Crippen LogP contribution in [0.25, 0.3) is 77.3 Å². The Kier molecular flexibility index (Phi) is 8.56. The molecular weight excluding hydrogens is 561 g/mol. The van der Waals surface area contributed by atoms with Gasteiger partial charge in [-0.2, -0.15) is 13.5 Å². The van der Waals surface area contributed by atoms with E-state index in [-0.39, 0.29) is 13.5 Å². The molecule has 0 amide bonds. The lowest BCUT2D eigenvalue weighted by molar-refractivity contribution is 0.162. The van der Waals surface area contributed by atoms with Crippen molar-refractivity contribution in [3.05, 3.63) is 133 Å². The molecule has 0 radical (unpaired) electrons. The number of hydrogen-bond acceptors (Lipinski definition) is 3. The van der Waals surface area contributed by atoms with E-state index in [0.29, 0.717) is 0 Å². The predicted octanol–water partition coefficient (Wildman–Crippen LogP) is 11.6. The highest BCUT2D eigenvalue weighted by molar-refractivity contribution is 7.59. The average molecular weight is 595 g/mol. The second-order valence-electron chi connectivity index (χ2n) is 10.6. The fraction of sp³-hybridized carbons (Fsp3) is 0.100. The summed E-state index contributed by atoms with van der Waals surface area (Å²) in [5.41, 5.74) is 10.8. The summed E-state index contributed by atoms with van der Waals surface area (Å²) in [5, 5.41) is 4.59. The number of benzene rings is 6. The van der Waals surface area contributed by atoms with E-state index in [4.69, 9.17) is 13.6 Å². The summed E-state index contributed by atoms with van der Waals surface area (Å²) in [6, 6.07) is 46.9. The van der Waals surface area contributed by atoms with Gasteiger partial charge in [0.2, 0.25) is 0 Å². The zero-order valence-electron chi connectivity index (χ0n) is 24.8. The lowest BCUT2D eigenvalue weighted by Gasteiger charge is -2.09. The van der Waals surface area contributed by atoms with Crippen molar-refractivity contribution in [1.82, 2.24) is 0 Å². The number of ether oxygens (including phenoxy) is 1. The van der Waals surface area contributed by atoms with Gasteiger partial charge in [-0.25, -0.2) is 0 Å². The second-order valence-corrected chi connectivity index (χ2v) is 10.6. The van der Waals surface area contributed by atoms with Gasteiger partial charge in [0.15, 0.2) is 0 Å². The summed E-state index contributed by atoms with van der Waals surface area (Å²) in [7, 11) is 0. The van der Waals surface area contributed by atoms with Gasteiger partial charge < -0.3 is 13.6 Å². The minimum Gasteiger partial charge on any atom is -0.456 e. The summed E-state index contributed by atoms with van der Waals surface area (Å²) in [6.45, 7) is 5.67. The van der Waals surface area contributed by atoms with Gasteiger partial charge in [-0.1, -0.05) is 84.9 Å². The largest absolute Gasteiger partial charge is 0.456 e. The molecule has 0 aliphatic carbocycles. The van der Waals surface area contributed by atoms with Crippen molar-refractivity contribution in [1.29, 1.82) is 0 Å². The molecule has 0 atom stereocenters. The molecule has 0 aliphatic heterocycles. The zero-order chi connectivity index (χ0) is 29.2.